The van der Waals surface area contributed by atoms with Crippen LogP contribution in [0, 0.1) is 0 Å². The minimum Gasteiger partial charge on any atom is -0.483 e. The van der Waals surface area contributed by atoms with Gasteiger partial charge in [-0.05, 0) is 79.4 Å². The number of benzene rings is 3. The Hall–Kier alpha value is -2.54. The molecule has 0 radical (unpaired) electrons. The van der Waals surface area contributed by atoms with Crippen molar-refractivity contribution in [3.63, 3.8) is 0 Å². The van der Waals surface area contributed by atoms with Gasteiger partial charge >= 0.3 is 0 Å². The molecule has 0 unspecified atom stereocenters. The molecule has 0 spiro atoms. The first-order valence-electron chi connectivity index (χ1n) is 10.2. The molecule has 0 saturated carbocycles. The lowest BCUT2D eigenvalue weighted by Gasteiger charge is -2.07. The van der Waals surface area contributed by atoms with Gasteiger partial charge in [-0.3, -0.25) is 9.59 Å². The summed E-state index contributed by atoms with van der Waals surface area (Å²) < 4.78 is 14.2. The summed E-state index contributed by atoms with van der Waals surface area (Å²) in [5, 5.41) is 7.86. The minimum absolute atomic E-state index is 0.176. The Morgan fingerprint density at radius 3 is 1.42 bits per heavy atom. The van der Waals surface area contributed by atoms with Crippen molar-refractivity contribution in [2.45, 2.75) is 0 Å². The molecule has 8 nitrogen and oxygen atoms in total. The molecule has 2 amide bonds. The molecule has 12 heteroatoms. The van der Waals surface area contributed by atoms with Crippen molar-refractivity contribution >= 4 is 88.0 Å². The molecule has 3 aromatic carbocycles. The van der Waals surface area contributed by atoms with Gasteiger partial charge in [-0.25, -0.2) is 10.9 Å². The van der Waals surface area contributed by atoms with Crippen LogP contribution in [-0.4, -0.2) is 37.5 Å². The third-order valence-corrected chi connectivity index (χ3v) is 6.47. The van der Waals surface area contributed by atoms with Crippen LogP contribution in [0.25, 0.3) is 0 Å². The summed E-state index contributed by atoms with van der Waals surface area (Å²) in [6.45, 7) is -0.353. The molecule has 0 bridgehead atoms. The summed E-state index contributed by atoms with van der Waals surface area (Å²) in [7, 11) is 0. The molecule has 0 atom stereocenters. The Balaban J connectivity index is 1.39. The molecule has 3 aromatic rings. The van der Waals surface area contributed by atoms with Crippen LogP contribution >= 0.6 is 63.7 Å². The number of rotatable bonds is 10. The number of carbonyl (C=O) groups is 2. The molecule has 0 aliphatic carbocycles. The van der Waals surface area contributed by atoms with E-state index in [1.54, 1.807) is 36.4 Å². The smallest absolute Gasteiger partial charge is 0.277 e. The van der Waals surface area contributed by atoms with E-state index in [1.165, 1.54) is 12.4 Å². The van der Waals surface area contributed by atoms with E-state index >= 15 is 0 Å². The molecule has 0 aliphatic rings. The third-order valence-electron chi connectivity index (χ3n) is 4.25. The largest absolute Gasteiger partial charge is 0.483 e. The van der Waals surface area contributed by atoms with E-state index in [0.29, 0.717) is 11.5 Å². The van der Waals surface area contributed by atoms with E-state index in [9.17, 15) is 9.59 Å². The molecule has 0 aromatic heterocycles. The topological polar surface area (TPSA) is 101 Å². The maximum atomic E-state index is 11.9. The molecule has 36 heavy (non-hydrogen) atoms. The molecular weight excluding hydrogens is 728 g/mol. The van der Waals surface area contributed by atoms with E-state index in [2.05, 4.69) is 84.8 Å². The van der Waals surface area contributed by atoms with Crippen LogP contribution in [0.15, 0.2) is 88.8 Å². The number of carbonyl (C=O) groups excluding carboxylic acids is 2. The number of hydrogen-bond acceptors (Lipinski definition) is 6. The van der Waals surface area contributed by atoms with Gasteiger partial charge in [0, 0.05) is 8.95 Å². The van der Waals surface area contributed by atoms with Crippen LogP contribution in [0.2, 0.25) is 0 Å². The number of halogens is 4. The summed E-state index contributed by atoms with van der Waals surface area (Å²) >= 11 is 13.5. The number of amides is 2. The molecule has 186 valence electrons. The monoisotopic (exact) mass is 742 g/mol. The van der Waals surface area contributed by atoms with E-state index < -0.39 is 11.8 Å². The van der Waals surface area contributed by atoms with Gasteiger partial charge in [0.15, 0.2) is 13.2 Å². The molecule has 0 aliphatic heterocycles. The molecule has 2 N–H and O–H groups in total. The lowest BCUT2D eigenvalue weighted by atomic mass is 10.2. The van der Waals surface area contributed by atoms with Crippen LogP contribution < -0.4 is 20.3 Å². The second-order valence-electron chi connectivity index (χ2n) is 6.98. The summed E-state index contributed by atoms with van der Waals surface area (Å²) in [5.41, 5.74) is 6.36. The highest BCUT2D eigenvalue weighted by atomic mass is 79.9. The van der Waals surface area contributed by atoms with E-state index in [4.69, 9.17) is 9.47 Å². The second kappa shape index (κ2) is 14.3. The third kappa shape index (κ3) is 9.49. The number of nitrogens with zero attached hydrogens (tertiary/aromatic N) is 2. The van der Waals surface area contributed by atoms with Crippen LogP contribution in [0.4, 0.5) is 0 Å². The number of nitrogens with one attached hydrogen (secondary N) is 2. The number of hydrogen-bond donors (Lipinski definition) is 2. The van der Waals surface area contributed by atoms with Crippen LogP contribution in [0.3, 0.4) is 0 Å². The molecule has 0 heterocycles. The fourth-order valence-corrected chi connectivity index (χ4v) is 4.88. The van der Waals surface area contributed by atoms with Gasteiger partial charge in [0.25, 0.3) is 11.8 Å². The van der Waals surface area contributed by atoms with Crippen molar-refractivity contribution in [3.8, 4) is 11.5 Å². The molecule has 0 fully saturated rings. The first-order chi connectivity index (χ1) is 17.3. The minimum atomic E-state index is -0.392. The summed E-state index contributed by atoms with van der Waals surface area (Å²) in [5.74, 6) is 0.320. The normalized spacial score (nSPS) is 11.0. The Kier molecular flexibility index (Phi) is 11.1. The van der Waals surface area contributed by atoms with Crippen LogP contribution in [-0.2, 0) is 9.59 Å². The lowest BCUT2D eigenvalue weighted by Crippen LogP contribution is -2.24. The van der Waals surface area contributed by atoms with Crippen molar-refractivity contribution in [2.24, 2.45) is 10.2 Å². The van der Waals surface area contributed by atoms with Gasteiger partial charge in [-0.15, -0.1) is 0 Å². The predicted octanol–water partition coefficient (Wildman–Crippen LogP) is 5.79. The zero-order chi connectivity index (χ0) is 25.9. The first-order valence-corrected chi connectivity index (χ1v) is 13.4. The highest BCUT2D eigenvalue weighted by Gasteiger charge is 2.06. The van der Waals surface area contributed by atoms with Gasteiger partial charge in [0.2, 0.25) is 0 Å². The highest BCUT2D eigenvalue weighted by Crippen LogP contribution is 2.28. The number of hydrazone groups is 2. The van der Waals surface area contributed by atoms with E-state index in [0.717, 1.165) is 29.0 Å². The fourth-order valence-electron chi connectivity index (χ4n) is 2.56. The van der Waals surface area contributed by atoms with Gasteiger partial charge in [0.05, 0.1) is 21.4 Å². The zero-order valence-corrected chi connectivity index (χ0v) is 24.7. The fraction of sp³-hybridized carbons (Fsp3) is 0.0833. The first kappa shape index (κ1) is 28.0. The summed E-state index contributed by atoms with van der Waals surface area (Å²) in [6, 6.07) is 18.0. The second-order valence-corrected chi connectivity index (χ2v) is 10.5. The molecule has 0 saturated heterocycles. The maximum Gasteiger partial charge on any atom is 0.277 e. The Morgan fingerprint density at radius 1 is 0.667 bits per heavy atom. The van der Waals surface area contributed by atoms with Gasteiger partial charge < -0.3 is 9.47 Å². The average molecular weight is 746 g/mol. The van der Waals surface area contributed by atoms with Crippen molar-refractivity contribution in [2.75, 3.05) is 13.2 Å². The van der Waals surface area contributed by atoms with Gasteiger partial charge in [0.1, 0.15) is 11.5 Å². The molecule has 3 rings (SSSR count). The predicted molar refractivity (Wildman–Crippen MR) is 153 cm³/mol. The molecular formula is C24H18Br4N4O4. The van der Waals surface area contributed by atoms with Gasteiger partial charge in [-0.1, -0.05) is 56.1 Å². The highest BCUT2D eigenvalue weighted by molar-refractivity contribution is 9.11. The average Bonchev–Trinajstić information content (AvgIpc) is 2.84. The Bertz CT molecular complexity index is 1190. The standard InChI is InChI=1S/C24H18Br4N4O4/c25-17-5-7-21(19(27)9-17)35-13-23(33)31-29-11-15-1-2-16(4-3-15)12-30-32-24(34)14-36-22-8-6-18(26)10-20(22)28/h1-12H,13-14H2,(H,31,33)(H,32,34)/b29-11+,30-12+. The lowest BCUT2D eigenvalue weighted by molar-refractivity contribution is -0.123. The van der Waals surface area contributed by atoms with Crippen molar-refractivity contribution < 1.29 is 19.1 Å². The SMILES string of the molecule is O=C(COc1ccc(Br)cc1Br)N/N=C/c1ccc(/C=N/NC(=O)COc2ccc(Br)cc2Br)cc1. The zero-order valence-electron chi connectivity index (χ0n) is 18.4. The van der Waals surface area contributed by atoms with Crippen LogP contribution in [0.5, 0.6) is 11.5 Å². The van der Waals surface area contributed by atoms with Crippen LogP contribution in [0.1, 0.15) is 11.1 Å². The van der Waals surface area contributed by atoms with E-state index in [1.807, 2.05) is 24.3 Å². The van der Waals surface area contributed by atoms with Gasteiger partial charge in [-0.2, -0.15) is 10.2 Å². The maximum absolute atomic E-state index is 11.9. The number of ether oxygens (including phenoxy) is 2. The summed E-state index contributed by atoms with van der Waals surface area (Å²) in [4.78, 5) is 23.9. The Morgan fingerprint density at radius 2 is 1.06 bits per heavy atom. The van der Waals surface area contributed by atoms with E-state index in [-0.39, 0.29) is 13.2 Å². The Labute approximate surface area is 241 Å². The summed E-state index contributed by atoms with van der Waals surface area (Å²) in [6.07, 6.45) is 3.02. The van der Waals surface area contributed by atoms with Crippen molar-refractivity contribution in [1.29, 1.82) is 0 Å². The quantitative estimate of drug-likeness (QED) is 0.203. The van der Waals surface area contributed by atoms with Crippen molar-refractivity contribution in [1.82, 2.24) is 10.9 Å². The van der Waals surface area contributed by atoms with Crippen molar-refractivity contribution in [3.05, 3.63) is 89.7 Å².